The van der Waals surface area contributed by atoms with Gasteiger partial charge in [-0.3, -0.25) is 24.6 Å². The molecule has 58 heavy (non-hydrogen) atoms. The Kier molecular flexibility index (Phi) is 10.8. The molecule has 3 amide bonds. The number of imide groups is 1. The van der Waals surface area contributed by atoms with E-state index < -0.39 is 6.04 Å². The number of halogens is 1. The molecule has 13 nitrogen and oxygen atoms in total. The molecule has 0 saturated carbocycles. The van der Waals surface area contributed by atoms with E-state index in [1.807, 2.05) is 62.7 Å². The third kappa shape index (κ3) is 8.51. The number of aryl methyl sites for hydroxylation is 1. The molecule has 8 rings (SSSR count). The Morgan fingerprint density at radius 3 is 2.45 bits per heavy atom. The van der Waals surface area contributed by atoms with E-state index in [2.05, 4.69) is 83.5 Å². The number of carbonyl (C=O) groups is 3. The van der Waals surface area contributed by atoms with Crippen LogP contribution in [0.5, 0.6) is 0 Å². The van der Waals surface area contributed by atoms with E-state index in [0.717, 1.165) is 82.8 Å². The normalized spacial score (nSPS) is 16.7. The summed E-state index contributed by atoms with van der Waals surface area (Å²) in [6, 6.07) is 22.4. The maximum atomic E-state index is 12.7. The molecular formula is C44H46ClN9O4. The van der Waals surface area contributed by atoms with Gasteiger partial charge in [0.05, 0.1) is 11.2 Å². The van der Waals surface area contributed by atoms with E-state index in [1.165, 1.54) is 5.56 Å². The van der Waals surface area contributed by atoms with Crippen LogP contribution in [0.2, 0.25) is 5.02 Å². The first-order valence-corrected chi connectivity index (χ1v) is 20.0. The molecule has 1 atom stereocenters. The van der Waals surface area contributed by atoms with Crippen LogP contribution in [0.1, 0.15) is 91.1 Å². The van der Waals surface area contributed by atoms with Gasteiger partial charge in [-0.25, -0.2) is 9.50 Å². The molecule has 3 N–H and O–H groups in total. The first kappa shape index (κ1) is 38.9. The molecule has 2 fully saturated rings. The summed E-state index contributed by atoms with van der Waals surface area (Å²) >= 11 is 6.76. The Morgan fingerprint density at radius 1 is 0.966 bits per heavy atom. The molecule has 2 aliphatic heterocycles. The Hall–Kier alpha value is -5.92. The molecule has 0 unspecified atom stereocenters. The Balaban J connectivity index is 0.866. The van der Waals surface area contributed by atoms with E-state index in [0.29, 0.717) is 36.2 Å². The van der Waals surface area contributed by atoms with Gasteiger partial charge in [0.25, 0.3) is 11.7 Å². The van der Waals surface area contributed by atoms with E-state index in [4.69, 9.17) is 16.1 Å². The number of anilines is 1. The van der Waals surface area contributed by atoms with Gasteiger partial charge in [0.2, 0.25) is 17.7 Å². The predicted octanol–water partition coefficient (Wildman–Crippen LogP) is 7.23. The van der Waals surface area contributed by atoms with Crippen LogP contribution in [0.3, 0.4) is 0 Å². The molecule has 3 aromatic carbocycles. The minimum absolute atomic E-state index is 0.0211. The zero-order valence-corrected chi connectivity index (χ0v) is 33.8. The average molecular weight is 800 g/mol. The highest BCUT2D eigenvalue weighted by Gasteiger charge is 2.28. The van der Waals surface area contributed by atoms with Crippen molar-refractivity contribution in [1.82, 2.24) is 40.3 Å². The summed E-state index contributed by atoms with van der Waals surface area (Å²) in [5.41, 5.74) is 9.65. The Bertz CT molecular complexity index is 2500. The molecule has 2 aliphatic rings. The number of nitrogens with zero attached hydrogens (tertiary/aromatic N) is 6. The lowest BCUT2D eigenvalue weighted by Gasteiger charge is -2.32. The first-order valence-electron chi connectivity index (χ1n) is 19.6. The summed E-state index contributed by atoms with van der Waals surface area (Å²) in [7, 11) is 0. The fraction of sp³-hybridized carbons (Fsp3) is 0.341. The van der Waals surface area contributed by atoms with Gasteiger partial charge in [-0.15, -0.1) is 0 Å². The van der Waals surface area contributed by atoms with Crippen molar-refractivity contribution in [3.05, 3.63) is 118 Å². The number of benzene rings is 3. The molecule has 3 aromatic heterocycles. The second-order valence-corrected chi connectivity index (χ2v) is 16.7. The summed E-state index contributed by atoms with van der Waals surface area (Å²) in [6.45, 7) is 11.0. The highest BCUT2D eigenvalue weighted by molar-refractivity contribution is 6.31. The molecule has 0 radical (unpaired) electrons. The number of carbonyl (C=O) groups excluding carboxylic acids is 3. The van der Waals surface area contributed by atoms with E-state index >= 15 is 0 Å². The number of amides is 3. The van der Waals surface area contributed by atoms with Crippen molar-refractivity contribution in [2.24, 2.45) is 0 Å². The molecule has 6 aromatic rings. The maximum Gasteiger partial charge on any atom is 0.292 e. The quantitative estimate of drug-likeness (QED) is 0.121. The van der Waals surface area contributed by atoms with Crippen LogP contribution in [0.15, 0.2) is 83.8 Å². The summed E-state index contributed by atoms with van der Waals surface area (Å²) in [6.07, 6.45) is 6.42. The SMILES string of the molecule is Cc1cc(-c2ncnn3cc(-c4ccc(CN5CCC(c6ccc(N[C@H]7CCC(=O)NC7=O)cc6Cl)CC5)cc4)cc23)ccc1CNC(=O)c1noc(C(C)(C)C)n1. The van der Waals surface area contributed by atoms with Crippen molar-refractivity contribution in [2.45, 2.75) is 83.8 Å². The van der Waals surface area contributed by atoms with Gasteiger partial charge in [0, 0.05) is 53.0 Å². The van der Waals surface area contributed by atoms with Gasteiger partial charge in [-0.05, 0) is 97.3 Å². The molecule has 0 spiro atoms. The molecular weight excluding hydrogens is 754 g/mol. The van der Waals surface area contributed by atoms with Crippen LogP contribution in [-0.2, 0) is 28.1 Å². The van der Waals surface area contributed by atoms with Gasteiger partial charge >= 0.3 is 0 Å². The van der Waals surface area contributed by atoms with Crippen LogP contribution < -0.4 is 16.0 Å². The first-order chi connectivity index (χ1) is 27.9. The topological polar surface area (TPSA) is 160 Å². The van der Waals surface area contributed by atoms with Crippen LogP contribution in [0, 0.1) is 6.92 Å². The summed E-state index contributed by atoms with van der Waals surface area (Å²) in [5, 5.41) is 17.6. The van der Waals surface area contributed by atoms with Crippen molar-refractivity contribution in [2.75, 3.05) is 18.4 Å². The van der Waals surface area contributed by atoms with E-state index in [-0.39, 0.29) is 29.0 Å². The van der Waals surface area contributed by atoms with Gasteiger partial charge in [0.15, 0.2) is 0 Å². The molecule has 0 bridgehead atoms. The van der Waals surface area contributed by atoms with Crippen LogP contribution >= 0.6 is 11.6 Å². The zero-order chi connectivity index (χ0) is 40.6. The molecule has 298 valence electrons. The maximum absolute atomic E-state index is 12.7. The Morgan fingerprint density at radius 2 is 1.74 bits per heavy atom. The van der Waals surface area contributed by atoms with Crippen molar-refractivity contribution < 1.29 is 18.9 Å². The smallest absolute Gasteiger partial charge is 0.292 e. The van der Waals surface area contributed by atoms with Crippen molar-refractivity contribution in [3.8, 4) is 22.4 Å². The summed E-state index contributed by atoms with van der Waals surface area (Å²) < 4.78 is 7.14. The Labute approximate surface area is 341 Å². The molecule has 14 heteroatoms. The van der Waals surface area contributed by atoms with Crippen molar-refractivity contribution >= 4 is 40.5 Å². The fourth-order valence-electron chi connectivity index (χ4n) is 7.67. The highest BCUT2D eigenvalue weighted by atomic mass is 35.5. The third-order valence-electron chi connectivity index (χ3n) is 11.0. The number of hydrogen-bond donors (Lipinski definition) is 3. The molecule has 2 saturated heterocycles. The van der Waals surface area contributed by atoms with Gasteiger partial charge in [-0.1, -0.05) is 80.0 Å². The van der Waals surface area contributed by atoms with Crippen molar-refractivity contribution in [3.63, 3.8) is 0 Å². The van der Waals surface area contributed by atoms with Crippen molar-refractivity contribution in [1.29, 1.82) is 0 Å². The minimum atomic E-state index is -0.440. The minimum Gasteiger partial charge on any atom is -0.374 e. The van der Waals surface area contributed by atoms with Crippen LogP contribution in [-0.4, -0.2) is 66.5 Å². The fourth-order valence-corrected chi connectivity index (χ4v) is 8.00. The summed E-state index contributed by atoms with van der Waals surface area (Å²) in [4.78, 5) is 47.8. The second kappa shape index (κ2) is 16.1. The standard InChI is InChI=1S/C44H46ClN9O4/c1-26-19-30(9-10-31(26)22-46-42(57)40-51-43(58-52-40)44(2,3)4)39-37-20-32(24-54(37)48-25-47-39)28-7-5-27(6-8-28)23-53-17-15-29(16-18-53)34-12-11-33(21-35(34)45)49-36-13-14-38(55)50-41(36)56/h5-12,19-21,24-25,29,36,49H,13-18,22-23H2,1-4H3,(H,46,57)(H,50,55,56)/t36-/m0/s1. The molecule has 5 heterocycles. The van der Waals surface area contributed by atoms with E-state index in [9.17, 15) is 14.4 Å². The van der Waals surface area contributed by atoms with E-state index in [1.54, 1.807) is 6.33 Å². The average Bonchev–Trinajstić information content (AvgIpc) is 3.89. The number of piperidine rings is 2. The number of likely N-dealkylation sites (tertiary alicyclic amines) is 1. The lowest BCUT2D eigenvalue weighted by atomic mass is 9.89. The lowest BCUT2D eigenvalue weighted by Crippen LogP contribution is -2.47. The number of nitrogens with one attached hydrogen (secondary N) is 3. The number of rotatable bonds is 10. The lowest BCUT2D eigenvalue weighted by molar-refractivity contribution is -0.133. The van der Waals surface area contributed by atoms with Gasteiger partial charge in [0.1, 0.15) is 12.4 Å². The monoisotopic (exact) mass is 799 g/mol. The number of fused-ring (bicyclic) bond motifs is 1. The van der Waals surface area contributed by atoms with Gasteiger partial charge in [-0.2, -0.15) is 10.1 Å². The second-order valence-electron chi connectivity index (χ2n) is 16.3. The zero-order valence-electron chi connectivity index (χ0n) is 33.0. The summed E-state index contributed by atoms with van der Waals surface area (Å²) in [5.74, 6) is -0.105. The number of hydrogen-bond acceptors (Lipinski definition) is 10. The van der Waals surface area contributed by atoms with Gasteiger partial charge < -0.3 is 15.2 Å². The van der Waals surface area contributed by atoms with Crippen LogP contribution in [0.25, 0.3) is 27.9 Å². The highest BCUT2D eigenvalue weighted by Crippen LogP contribution is 2.35. The third-order valence-corrected chi connectivity index (χ3v) is 11.4. The van der Waals surface area contributed by atoms with Crippen LogP contribution in [0.4, 0.5) is 5.69 Å². The number of aromatic nitrogens is 5. The largest absolute Gasteiger partial charge is 0.374 e. The predicted molar refractivity (Wildman–Crippen MR) is 221 cm³/mol. The molecule has 0 aliphatic carbocycles.